The maximum Gasteiger partial charge on any atom is 0.282 e. The highest BCUT2D eigenvalue weighted by Crippen LogP contribution is 2.37. The predicted molar refractivity (Wildman–Crippen MR) is 119 cm³/mol. The topological polar surface area (TPSA) is 58.6 Å². The van der Waals surface area contributed by atoms with Crippen LogP contribution in [0, 0.1) is 6.92 Å². The van der Waals surface area contributed by atoms with E-state index in [1.165, 1.54) is 12.0 Å². The summed E-state index contributed by atoms with van der Waals surface area (Å²) in [5, 5.41) is 3.68. The zero-order valence-corrected chi connectivity index (χ0v) is 17.2. The number of anilines is 2. The molecular weight excluding hydrogens is 400 g/mol. The summed E-state index contributed by atoms with van der Waals surface area (Å²) >= 11 is 6.15. The Labute approximate surface area is 179 Å². The minimum Gasteiger partial charge on any atom is -0.496 e. The van der Waals surface area contributed by atoms with E-state index in [0.29, 0.717) is 27.7 Å². The Balaban J connectivity index is 1.89. The molecule has 0 bridgehead atoms. The van der Waals surface area contributed by atoms with Crippen molar-refractivity contribution in [2.24, 2.45) is 0 Å². The summed E-state index contributed by atoms with van der Waals surface area (Å²) in [4.78, 5) is 28.0. The molecule has 1 N–H and O–H groups in total. The van der Waals surface area contributed by atoms with Gasteiger partial charge < -0.3 is 10.1 Å². The van der Waals surface area contributed by atoms with Gasteiger partial charge in [-0.05, 0) is 42.8 Å². The van der Waals surface area contributed by atoms with E-state index in [2.05, 4.69) is 5.32 Å². The lowest BCUT2D eigenvalue weighted by Gasteiger charge is -2.15. The molecule has 0 atom stereocenters. The quantitative estimate of drug-likeness (QED) is 0.589. The van der Waals surface area contributed by atoms with Crippen molar-refractivity contribution >= 4 is 40.4 Å². The summed E-state index contributed by atoms with van der Waals surface area (Å²) in [5.74, 6) is -0.352. The van der Waals surface area contributed by atoms with Crippen molar-refractivity contribution in [2.75, 3.05) is 17.3 Å². The van der Waals surface area contributed by atoms with Gasteiger partial charge in [0.1, 0.15) is 11.4 Å². The standard InChI is InChI=1S/C24H19ClN2O3/c1-15-12-13-16(25)14-19(15)26-22-21(18-10-6-7-11-20(18)30-2)23(28)27(24(22)29)17-8-4-3-5-9-17/h3-14,26H,1-2H3. The largest absolute Gasteiger partial charge is 0.496 e. The fourth-order valence-electron chi connectivity index (χ4n) is 3.42. The molecular formula is C24H19ClN2O3. The molecule has 0 spiro atoms. The van der Waals surface area contributed by atoms with Crippen molar-refractivity contribution in [3.05, 3.63) is 94.6 Å². The third-order valence-corrected chi connectivity index (χ3v) is 5.17. The predicted octanol–water partition coefficient (Wildman–Crippen LogP) is 5.05. The van der Waals surface area contributed by atoms with E-state index in [1.807, 2.05) is 25.1 Å². The fourth-order valence-corrected chi connectivity index (χ4v) is 3.59. The van der Waals surface area contributed by atoms with Gasteiger partial charge in [0, 0.05) is 16.3 Å². The maximum atomic E-state index is 13.5. The van der Waals surface area contributed by atoms with E-state index in [-0.39, 0.29) is 11.3 Å². The molecule has 2 amide bonds. The molecule has 150 valence electrons. The molecule has 4 rings (SSSR count). The van der Waals surface area contributed by atoms with Crippen molar-refractivity contribution in [3.8, 4) is 5.75 Å². The molecule has 1 heterocycles. The Morgan fingerprint density at radius 1 is 0.900 bits per heavy atom. The second-order valence-corrected chi connectivity index (χ2v) is 7.25. The maximum absolute atomic E-state index is 13.5. The van der Waals surface area contributed by atoms with Crippen LogP contribution in [0.4, 0.5) is 11.4 Å². The fraction of sp³-hybridized carbons (Fsp3) is 0.0833. The van der Waals surface area contributed by atoms with Crippen LogP contribution in [0.15, 0.2) is 78.5 Å². The molecule has 0 aliphatic carbocycles. The molecule has 0 fully saturated rings. The molecule has 0 aromatic heterocycles. The minimum atomic E-state index is -0.438. The van der Waals surface area contributed by atoms with E-state index >= 15 is 0 Å². The van der Waals surface area contributed by atoms with Crippen molar-refractivity contribution < 1.29 is 14.3 Å². The first-order valence-electron chi connectivity index (χ1n) is 9.36. The zero-order valence-electron chi connectivity index (χ0n) is 16.5. The zero-order chi connectivity index (χ0) is 21.3. The molecule has 6 heteroatoms. The third kappa shape index (κ3) is 3.44. The third-order valence-electron chi connectivity index (χ3n) is 4.93. The van der Waals surface area contributed by atoms with Crippen LogP contribution in [0.2, 0.25) is 5.02 Å². The summed E-state index contributed by atoms with van der Waals surface area (Å²) in [5.41, 5.74) is 3.02. The van der Waals surface area contributed by atoms with Crippen LogP contribution in [0.1, 0.15) is 11.1 Å². The molecule has 0 saturated heterocycles. The van der Waals surface area contributed by atoms with Crippen molar-refractivity contribution in [1.82, 2.24) is 0 Å². The van der Waals surface area contributed by atoms with Crippen LogP contribution in [-0.2, 0) is 9.59 Å². The Kier molecular flexibility index (Phi) is 5.29. The van der Waals surface area contributed by atoms with Gasteiger partial charge in [-0.25, -0.2) is 4.90 Å². The van der Waals surface area contributed by atoms with Gasteiger partial charge in [0.25, 0.3) is 11.8 Å². The molecule has 0 radical (unpaired) electrons. The first kappa shape index (κ1) is 19.7. The van der Waals surface area contributed by atoms with Gasteiger partial charge in [-0.1, -0.05) is 54.1 Å². The van der Waals surface area contributed by atoms with E-state index < -0.39 is 11.8 Å². The number of rotatable bonds is 5. The summed E-state index contributed by atoms with van der Waals surface area (Å²) in [6, 6.07) is 21.3. The lowest BCUT2D eigenvalue weighted by atomic mass is 10.0. The number of methoxy groups -OCH3 is 1. The van der Waals surface area contributed by atoms with Gasteiger partial charge in [-0.3, -0.25) is 9.59 Å². The Morgan fingerprint density at radius 3 is 2.33 bits per heavy atom. The number of benzene rings is 3. The smallest absolute Gasteiger partial charge is 0.282 e. The van der Waals surface area contributed by atoms with E-state index in [4.69, 9.17) is 16.3 Å². The number of imide groups is 1. The molecule has 0 saturated carbocycles. The SMILES string of the molecule is COc1ccccc1C1=C(Nc2cc(Cl)ccc2C)C(=O)N(c2ccccc2)C1=O. The highest BCUT2D eigenvalue weighted by atomic mass is 35.5. The monoisotopic (exact) mass is 418 g/mol. The molecule has 3 aromatic carbocycles. The summed E-state index contributed by atoms with van der Waals surface area (Å²) in [6.45, 7) is 1.90. The van der Waals surface area contributed by atoms with Gasteiger partial charge >= 0.3 is 0 Å². The lowest BCUT2D eigenvalue weighted by molar-refractivity contribution is -0.120. The second-order valence-electron chi connectivity index (χ2n) is 6.82. The second kappa shape index (κ2) is 8.05. The number of amides is 2. The van der Waals surface area contributed by atoms with Gasteiger partial charge in [0.15, 0.2) is 0 Å². The van der Waals surface area contributed by atoms with Gasteiger partial charge in [0.2, 0.25) is 0 Å². The minimum absolute atomic E-state index is 0.179. The van der Waals surface area contributed by atoms with E-state index in [0.717, 1.165) is 5.56 Å². The van der Waals surface area contributed by atoms with Crippen LogP contribution in [0.5, 0.6) is 5.75 Å². The van der Waals surface area contributed by atoms with Gasteiger partial charge in [0.05, 0.1) is 18.4 Å². The number of hydrogen-bond acceptors (Lipinski definition) is 4. The van der Waals surface area contributed by atoms with Crippen LogP contribution < -0.4 is 15.0 Å². The van der Waals surface area contributed by atoms with Crippen LogP contribution in [-0.4, -0.2) is 18.9 Å². The number of ether oxygens (including phenoxy) is 1. The average Bonchev–Trinajstić information content (AvgIpc) is 3.00. The van der Waals surface area contributed by atoms with E-state index in [9.17, 15) is 9.59 Å². The summed E-state index contributed by atoms with van der Waals surface area (Å²) in [6.07, 6.45) is 0. The molecule has 0 unspecified atom stereocenters. The number of nitrogens with one attached hydrogen (secondary N) is 1. The number of halogens is 1. The van der Waals surface area contributed by atoms with Crippen LogP contribution >= 0.6 is 11.6 Å². The Morgan fingerprint density at radius 2 is 1.60 bits per heavy atom. The van der Waals surface area contributed by atoms with Crippen molar-refractivity contribution in [1.29, 1.82) is 0 Å². The number of aryl methyl sites for hydroxylation is 1. The molecule has 1 aliphatic heterocycles. The Bertz CT molecular complexity index is 1170. The van der Waals surface area contributed by atoms with Crippen molar-refractivity contribution in [2.45, 2.75) is 6.92 Å². The molecule has 1 aliphatic rings. The highest BCUT2D eigenvalue weighted by molar-refractivity contribution is 6.46. The van der Waals surface area contributed by atoms with Crippen LogP contribution in [0.3, 0.4) is 0 Å². The molecule has 5 nitrogen and oxygen atoms in total. The number of carbonyl (C=O) groups is 2. The summed E-state index contributed by atoms with van der Waals surface area (Å²) < 4.78 is 5.46. The average molecular weight is 419 g/mol. The molecule has 3 aromatic rings. The lowest BCUT2D eigenvalue weighted by Crippen LogP contribution is -2.32. The first-order chi connectivity index (χ1) is 14.5. The van der Waals surface area contributed by atoms with Gasteiger partial charge in [-0.15, -0.1) is 0 Å². The normalized spacial score (nSPS) is 13.8. The number of carbonyl (C=O) groups excluding carboxylic acids is 2. The summed E-state index contributed by atoms with van der Waals surface area (Å²) in [7, 11) is 1.53. The first-order valence-corrected chi connectivity index (χ1v) is 9.73. The number of hydrogen-bond donors (Lipinski definition) is 1. The Hall–Kier alpha value is -3.57. The van der Waals surface area contributed by atoms with Crippen LogP contribution in [0.25, 0.3) is 5.57 Å². The molecule has 30 heavy (non-hydrogen) atoms. The van der Waals surface area contributed by atoms with Crippen molar-refractivity contribution in [3.63, 3.8) is 0 Å². The number of para-hydroxylation sites is 2. The highest BCUT2D eigenvalue weighted by Gasteiger charge is 2.41. The number of nitrogens with zero attached hydrogens (tertiary/aromatic N) is 1. The van der Waals surface area contributed by atoms with Gasteiger partial charge in [-0.2, -0.15) is 0 Å². The van der Waals surface area contributed by atoms with E-state index in [1.54, 1.807) is 54.6 Å².